The fourth-order valence-corrected chi connectivity index (χ4v) is 4.61. The van der Waals surface area contributed by atoms with Crippen molar-refractivity contribution < 1.29 is 4.79 Å². The Balaban J connectivity index is 0.00000182. The lowest BCUT2D eigenvalue weighted by Crippen LogP contribution is -2.52. The summed E-state index contributed by atoms with van der Waals surface area (Å²) in [5.74, 6) is 0.540. The van der Waals surface area contributed by atoms with Crippen LogP contribution in [0.1, 0.15) is 69.9 Å². The summed E-state index contributed by atoms with van der Waals surface area (Å²) in [6.07, 6.45) is 8.66. The van der Waals surface area contributed by atoms with Crippen molar-refractivity contribution in [2.24, 2.45) is 11.7 Å². The minimum absolute atomic E-state index is 0. The maximum atomic E-state index is 12.4. The van der Waals surface area contributed by atoms with Gasteiger partial charge in [0.05, 0.1) is 0 Å². The van der Waals surface area contributed by atoms with Crippen LogP contribution in [0.2, 0.25) is 0 Å². The van der Waals surface area contributed by atoms with Crippen molar-refractivity contribution in [2.45, 2.75) is 75.9 Å². The molecule has 3 atom stereocenters. The van der Waals surface area contributed by atoms with E-state index in [0.29, 0.717) is 18.4 Å². The van der Waals surface area contributed by atoms with Crippen molar-refractivity contribution in [3.63, 3.8) is 0 Å². The molecule has 1 amide bonds. The SMILES string of the molecule is CC(NC1(CNC(=O)C[C@@H]2CCC[C@H]2N)CCCC1)c1ccccc1.Cl.Cl. The van der Waals surface area contributed by atoms with Crippen molar-refractivity contribution in [1.82, 2.24) is 10.6 Å². The van der Waals surface area contributed by atoms with Crippen molar-refractivity contribution in [3.05, 3.63) is 35.9 Å². The molecule has 6 heteroatoms. The molecule has 4 nitrogen and oxygen atoms in total. The maximum Gasteiger partial charge on any atom is 0.220 e. The molecule has 0 aliphatic heterocycles. The van der Waals surface area contributed by atoms with Gasteiger partial charge in [-0.3, -0.25) is 4.79 Å². The molecule has 3 rings (SSSR count). The maximum absolute atomic E-state index is 12.4. The third-order valence-electron chi connectivity index (χ3n) is 6.17. The highest BCUT2D eigenvalue weighted by atomic mass is 35.5. The summed E-state index contributed by atoms with van der Waals surface area (Å²) >= 11 is 0. The predicted molar refractivity (Wildman–Crippen MR) is 117 cm³/mol. The highest BCUT2D eigenvalue weighted by molar-refractivity contribution is 5.85. The van der Waals surface area contributed by atoms with Crippen LogP contribution in [0, 0.1) is 5.92 Å². The molecule has 0 saturated heterocycles. The summed E-state index contributed by atoms with van der Waals surface area (Å²) in [5, 5.41) is 7.04. The quantitative estimate of drug-likeness (QED) is 0.626. The summed E-state index contributed by atoms with van der Waals surface area (Å²) in [6.45, 7) is 2.94. The van der Waals surface area contributed by atoms with Crippen molar-refractivity contribution in [3.8, 4) is 0 Å². The van der Waals surface area contributed by atoms with Crippen LogP contribution in [0.5, 0.6) is 0 Å². The molecule has 2 saturated carbocycles. The summed E-state index contributed by atoms with van der Waals surface area (Å²) in [5.41, 5.74) is 7.44. The number of halogens is 2. The Kier molecular flexibility index (Phi) is 10.1. The van der Waals surface area contributed by atoms with E-state index in [4.69, 9.17) is 5.73 Å². The molecule has 27 heavy (non-hydrogen) atoms. The molecule has 0 aromatic heterocycles. The second-order valence-corrected chi connectivity index (χ2v) is 8.10. The van der Waals surface area contributed by atoms with Gasteiger partial charge in [0, 0.05) is 30.6 Å². The first-order valence-electron chi connectivity index (χ1n) is 9.93. The fraction of sp³-hybridized carbons (Fsp3) is 0.667. The lowest BCUT2D eigenvalue weighted by Gasteiger charge is -2.34. The van der Waals surface area contributed by atoms with E-state index < -0.39 is 0 Å². The lowest BCUT2D eigenvalue weighted by molar-refractivity contribution is -0.122. The van der Waals surface area contributed by atoms with Crippen LogP contribution in [0.4, 0.5) is 0 Å². The highest BCUT2D eigenvalue weighted by Crippen LogP contribution is 2.32. The average Bonchev–Trinajstić information content (AvgIpc) is 3.24. The Morgan fingerprint density at radius 1 is 1.15 bits per heavy atom. The largest absolute Gasteiger partial charge is 0.354 e. The van der Waals surface area contributed by atoms with Gasteiger partial charge in [-0.1, -0.05) is 49.6 Å². The van der Waals surface area contributed by atoms with E-state index in [1.54, 1.807) is 0 Å². The van der Waals surface area contributed by atoms with Crippen molar-refractivity contribution >= 4 is 30.7 Å². The minimum Gasteiger partial charge on any atom is -0.354 e. The number of carbonyl (C=O) groups is 1. The molecule has 2 aliphatic rings. The molecule has 1 unspecified atom stereocenters. The first kappa shape index (κ1) is 24.2. The molecule has 0 bridgehead atoms. The molecule has 0 spiro atoms. The highest BCUT2D eigenvalue weighted by Gasteiger charge is 2.35. The number of benzene rings is 1. The second-order valence-electron chi connectivity index (χ2n) is 8.10. The fourth-order valence-electron chi connectivity index (χ4n) is 4.61. The summed E-state index contributed by atoms with van der Waals surface area (Å²) in [4.78, 5) is 12.4. The molecule has 2 fully saturated rings. The Hall–Kier alpha value is -0.810. The third-order valence-corrected chi connectivity index (χ3v) is 6.17. The van der Waals surface area contributed by atoms with Gasteiger partial charge < -0.3 is 16.4 Å². The van der Waals surface area contributed by atoms with Gasteiger partial charge >= 0.3 is 0 Å². The van der Waals surface area contributed by atoms with E-state index in [-0.39, 0.29) is 42.3 Å². The monoisotopic (exact) mass is 415 g/mol. The van der Waals surface area contributed by atoms with E-state index >= 15 is 0 Å². The minimum atomic E-state index is 0. The predicted octanol–water partition coefficient (Wildman–Crippen LogP) is 4.13. The van der Waals surface area contributed by atoms with Gasteiger partial charge in [0.25, 0.3) is 0 Å². The molecule has 1 aromatic rings. The molecule has 4 N–H and O–H groups in total. The van der Waals surface area contributed by atoms with Crippen LogP contribution in [0.3, 0.4) is 0 Å². The smallest absolute Gasteiger partial charge is 0.220 e. The third kappa shape index (κ3) is 6.63. The van der Waals surface area contributed by atoms with Crippen LogP contribution < -0.4 is 16.4 Å². The summed E-state index contributed by atoms with van der Waals surface area (Å²) < 4.78 is 0. The zero-order valence-corrected chi connectivity index (χ0v) is 17.9. The van der Waals surface area contributed by atoms with Gasteiger partial charge in [-0.25, -0.2) is 0 Å². The standard InChI is InChI=1S/C21H33N3O.2ClH/c1-16(17-8-3-2-4-9-17)24-21(12-5-6-13-21)15-23-20(25)14-18-10-7-11-19(18)22;;/h2-4,8-9,16,18-19,24H,5-7,10-15,22H2,1H3,(H,23,25);2*1H/t16?,18-,19+;;/m0../s1. The zero-order chi connectivity index (χ0) is 17.7. The van der Waals surface area contributed by atoms with Crippen molar-refractivity contribution in [1.29, 1.82) is 0 Å². The second kappa shape index (κ2) is 11.3. The van der Waals surface area contributed by atoms with Crippen molar-refractivity contribution in [2.75, 3.05) is 6.54 Å². The molecule has 154 valence electrons. The van der Waals surface area contributed by atoms with Gasteiger partial charge in [-0.05, 0) is 44.1 Å². The van der Waals surface area contributed by atoms with Crippen LogP contribution in [-0.2, 0) is 4.79 Å². The zero-order valence-electron chi connectivity index (χ0n) is 16.3. The molecular weight excluding hydrogens is 381 g/mol. The average molecular weight is 416 g/mol. The van der Waals surface area contributed by atoms with Gasteiger partial charge in [-0.2, -0.15) is 0 Å². The Bertz CT molecular complexity index is 564. The Morgan fingerprint density at radius 2 is 1.81 bits per heavy atom. The van der Waals surface area contributed by atoms with E-state index in [2.05, 4.69) is 47.9 Å². The number of hydrogen-bond acceptors (Lipinski definition) is 3. The molecule has 0 radical (unpaired) electrons. The summed E-state index contributed by atoms with van der Waals surface area (Å²) in [7, 11) is 0. The van der Waals surface area contributed by atoms with Gasteiger partial charge in [0.15, 0.2) is 0 Å². The number of nitrogens with one attached hydrogen (secondary N) is 2. The van der Waals surface area contributed by atoms with Crippen LogP contribution in [0.25, 0.3) is 0 Å². The number of hydrogen-bond donors (Lipinski definition) is 3. The summed E-state index contributed by atoms with van der Waals surface area (Å²) in [6, 6.07) is 11.1. The number of amides is 1. The number of rotatable bonds is 7. The first-order chi connectivity index (χ1) is 12.1. The van der Waals surface area contributed by atoms with Crippen LogP contribution >= 0.6 is 24.8 Å². The lowest BCUT2D eigenvalue weighted by atomic mass is 9.94. The first-order valence-corrected chi connectivity index (χ1v) is 9.93. The van der Waals surface area contributed by atoms with E-state index in [1.807, 2.05) is 0 Å². The topological polar surface area (TPSA) is 67.1 Å². The normalized spacial score (nSPS) is 24.5. The van der Waals surface area contributed by atoms with Gasteiger partial charge in [0.2, 0.25) is 5.91 Å². The van der Waals surface area contributed by atoms with Gasteiger partial charge in [-0.15, -0.1) is 24.8 Å². The van der Waals surface area contributed by atoms with Crippen LogP contribution in [-0.4, -0.2) is 24.0 Å². The van der Waals surface area contributed by atoms with E-state index in [0.717, 1.165) is 32.2 Å². The molecule has 1 aromatic carbocycles. The molecule has 2 aliphatic carbocycles. The molecule has 0 heterocycles. The molecular formula is C21H35Cl2N3O. The van der Waals surface area contributed by atoms with E-state index in [1.165, 1.54) is 24.8 Å². The van der Waals surface area contributed by atoms with Gasteiger partial charge in [0.1, 0.15) is 0 Å². The number of carbonyl (C=O) groups excluding carboxylic acids is 1. The Morgan fingerprint density at radius 3 is 2.41 bits per heavy atom. The number of nitrogens with two attached hydrogens (primary N) is 1. The van der Waals surface area contributed by atoms with E-state index in [9.17, 15) is 4.79 Å². The Labute approximate surface area is 176 Å². The van der Waals surface area contributed by atoms with Crippen LogP contribution in [0.15, 0.2) is 30.3 Å².